The van der Waals surface area contributed by atoms with Crippen LogP contribution in [-0.4, -0.2) is 49.7 Å². The molecule has 0 bridgehead atoms. The van der Waals surface area contributed by atoms with E-state index >= 15 is 0 Å². The van der Waals surface area contributed by atoms with E-state index in [0.29, 0.717) is 11.4 Å². The zero-order chi connectivity index (χ0) is 13.3. The summed E-state index contributed by atoms with van der Waals surface area (Å²) in [7, 11) is -1.46. The molecule has 2 heterocycles. The van der Waals surface area contributed by atoms with E-state index in [1.54, 1.807) is 13.8 Å². The van der Waals surface area contributed by atoms with Crippen molar-refractivity contribution in [3.8, 4) is 0 Å². The van der Waals surface area contributed by atoms with Gasteiger partial charge >= 0.3 is 0 Å². The topological polar surface area (TPSA) is 78.1 Å². The molecule has 0 saturated carbocycles. The van der Waals surface area contributed by atoms with Gasteiger partial charge in [0.25, 0.3) is 0 Å². The quantitative estimate of drug-likeness (QED) is 0.835. The monoisotopic (exact) mass is 272 g/mol. The summed E-state index contributed by atoms with van der Waals surface area (Å²) in [6.45, 7) is 5.21. The first-order chi connectivity index (χ1) is 8.40. The second kappa shape index (κ2) is 4.99. The first-order valence-corrected chi connectivity index (χ1v) is 7.61. The van der Waals surface area contributed by atoms with Crippen LogP contribution in [0.15, 0.2) is 4.90 Å². The third kappa shape index (κ3) is 2.73. The summed E-state index contributed by atoms with van der Waals surface area (Å²) < 4.78 is 27.4. The Hall–Kier alpha value is -0.920. The van der Waals surface area contributed by atoms with Gasteiger partial charge in [0.1, 0.15) is 4.90 Å². The van der Waals surface area contributed by atoms with Crippen molar-refractivity contribution < 1.29 is 8.42 Å². The van der Waals surface area contributed by atoms with Crippen LogP contribution in [0.1, 0.15) is 24.2 Å². The number of aryl methyl sites for hydroxylation is 2. The molecule has 1 fully saturated rings. The minimum absolute atomic E-state index is 0.0116. The van der Waals surface area contributed by atoms with E-state index in [1.807, 2.05) is 7.05 Å². The number of aromatic amines is 1. The summed E-state index contributed by atoms with van der Waals surface area (Å²) in [5.74, 6) is 0. The first-order valence-electron chi connectivity index (χ1n) is 6.12. The average molecular weight is 272 g/mol. The van der Waals surface area contributed by atoms with Crippen LogP contribution in [0, 0.1) is 13.8 Å². The predicted molar refractivity (Wildman–Crippen MR) is 68.9 cm³/mol. The van der Waals surface area contributed by atoms with E-state index in [-0.39, 0.29) is 10.9 Å². The lowest BCUT2D eigenvalue weighted by Crippen LogP contribution is -2.46. The standard InChI is InChI=1S/C11H20N4O2S/c1-8-11(9(2)13-12-8)18(16,17)14-10-5-4-6-15(3)7-10/h10,14H,4-7H2,1-3H3,(H,12,13). The molecule has 1 aliphatic heterocycles. The molecule has 7 heteroatoms. The van der Waals surface area contributed by atoms with Crippen molar-refractivity contribution >= 4 is 10.0 Å². The van der Waals surface area contributed by atoms with Gasteiger partial charge in [-0.25, -0.2) is 13.1 Å². The molecule has 0 radical (unpaired) electrons. The van der Waals surface area contributed by atoms with Gasteiger partial charge in [-0.3, -0.25) is 5.10 Å². The molecule has 1 aromatic rings. The second-order valence-electron chi connectivity index (χ2n) is 4.99. The molecule has 1 aliphatic rings. The summed E-state index contributed by atoms with van der Waals surface area (Å²) in [6, 6.07) is -0.0116. The molecule has 0 amide bonds. The lowest BCUT2D eigenvalue weighted by atomic mass is 10.1. The highest BCUT2D eigenvalue weighted by Gasteiger charge is 2.27. The van der Waals surface area contributed by atoms with Gasteiger partial charge in [0.15, 0.2) is 0 Å². The SMILES string of the molecule is Cc1n[nH]c(C)c1S(=O)(=O)NC1CCCN(C)C1. The normalized spacial score (nSPS) is 22.3. The molecule has 18 heavy (non-hydrogen) atoms. The zero-order valence-electron chi connectivity index (χ0n) is 11.0. The lowest BCUT2D eigenvalue weighted by molar-refractivity contribution is 0.242. The summed E-state index contributed by atoms with van der Waals surface area (Å²) in [5.41, 5.74) is 1.10. The lowest BCUT2D eigenvalue weighted by Gasteiger charge is -2.29. The molecule has 0 aliphatic carbocycles. The molecule has 1 atom stereocenters. The van der Waals surface area contributed by atoms with Crippen molar-refractivity contribution in [2.75, 3.05) is 20.1 Å². The van der Waals surface area contributed by atoms with Gasteiger partial charge in [-0.1, -0.05) is 0 Å². The highest BCUT2D eigenvalue weighted by atomic mass is 32.2. The fraction of sp³-hybridized carbons (Fsp3) is 0.727. The Bertz CT molecular complexity index is 504. The zero-order valence-corrected chi connectivity index (χ0v) is 11.8. The Morgan fingerprint density at radius 3 is 2.72 bits per heavy atom. The maximum atomic E-state index is 12.3. The van der Waals surface area contributed by atoms with E-state index in [2.05, 4.69) is 19.8 Å². The van der Waals surface area contributed by atoms with Crippen LogP contribution < -0.4 is 4.72 Å². The highest BCUT2D eigenvalue weighted by Crippen LogP contribution is 2.18. The molecule has 1 aromatic heterocycles. The fourth-order valence-corrected chi connectivity index (χ4v) is 4.11. The number of nitrogens with one attached hydrogen (secondary N) is 2. The van der Waals surface area contributed by atoms with Crippen molar-refractivity contribution in [3.63, 3.8) is 0 Å². The summed E-state index contributed by atoms with van der Waals surface area (Å²) in [6.07, 6.45) is 1.91. The molecular weight excluding hydrogens is 252 g/mol. The van der Waals surface area contributed by atoms with Gasteiger partial charge in [-0.2, -0.15) is 5.10 Å². The molecule has 2 rings (SSSR count). The van der Waals surface area contributed by atoms with Crippen LogP contribution in [0.3, 0.4) is 0 Å². The fourth-order valence-electron chi connectivity index (χ4n) is 2.48. The summed E-state index contributed by atoms with van der Waals surface area (Å²) in [5, 5.41) is 6.65. The highest BCUT2D eigenvalue weighted by molar-refractivity contribution is 7.89. The number of sulfonamides is 1. The first kappa shape index (κ1) is 13.5. The van der Waals surface area contributed by atoms with Crippen LogP contribution in [0.2, 0.25) is 0 Å². The van der Waals surface area contributed by atoms with Crippen molar-refractivity contribution in [1.29, 1.82) is 0 Å². The molecule has 6 nitrogen and oxygen atoms in total. The van der Waals surface area contributed by atoms with Crippen molar-refractivity contribution in [2.24, 2.45) is 0 Å². The van der Waals surface area contributed by atoms with Crippen LogP contribution in [-0.2, 0) is 10.0 Å². The second-order valence-corrected chi connectivity index (χ2v) is 6.64. The Morgan fingerprint density at radius 2 is 2.17 bits per heavy atom. The molecule has 0 spiro atoms. The van der Waals surface area contributed by atoms with Crippen LogP contribution in [0.4, 0.5) is 0 Å². The van der Waals surface area contributed by atoms with Crippen molar-refractivity contribution in [1.82, 2.24) is 19.8 Å². The van der Waals surface area contributed by atoms with Gasteiger partial charge in [-0.05, 0) is 40.3 Å². The van der Waals surface area contributed by atoms with Gasteiger partial charge in [-0.15, -0.1) is 0 Å². The molecule has 1 saturated heterocycles. The number of rotatable bonds is 3. The largest absolute Gasteiger partial charge is 0.305 e. The third-order valence-corrected chi connectivity index (χ3v) is 5.06. The maximum Gasteiger partial charge on any atom is 0.244 e. The van der Waals surface area contributed by atoms with Crippen LogP contribution in [0.25, 0.3) is 0 Å². The average Bonchev–Trinajstić information content (AvgIpc) is 2.58. The number of hydrogen-bond donors (Lipinski definition) is 2. The number of likely N-dealkylation sites (tertiary alicyclic amines) is 1. The van der Waals surface area contributed by atoms with Crippen molar-refractivity contribution in [2.45, 2.75) is 37.6 Å². The van der Waals surface area contributed by atoms with E-state index in [1.165, 1.54) is 0 Å². The minimum Gasteiger partial charge on any atom is -0.305 e. The van der Waals surface area contributed by atoms with E-state index in [0.717, 1.165) is 25.9 Å². The molecule has 2 N–H and O–H groups in total. The van der Waals surface area contributed by atoms with Crippen LogP contribution >= 0.6 is 0 Å². The molecule has 0 aromatic carbocycles. The molecular formula is C11H20N4O2S. The number of H-pyrrole nitrogens is 1. The minimum atomic E-state index is -3.47. The number of aromatic nitrogens is 2. The Labute approximate surface area is 108 Å². The Balaban J connectivity index is 2.17. The van der Waals surface area contributed by atoms with Crippen molar-refractivity contribution in [3.05, 3.63) is 11.4 Å². The van der Waals surface area contributed by atoms with E-state index in [4.69, 9.17) is 0 Å². The number of hydrogen-bond acceptors (Lipinski definition) is 4. The van der Waals surface area contributed by atoms with Gasteiger partial charge < -0.3 is 4.90 Å². The van der Waals surface area contributed by atoms with Gasteiger partial charge in [0.05, 0.1) is 11.4 Å². The maximum absolute atomic E-state index is 12.3. The molecule has 1 unspecified atom stereocenters. The van der Waals surface area contributed by atoms with E-state index in [9.17, 15) is 8.42 Å². The smallest absolute Gasteiger partial charge is 0.244 e. The predicted octanol–water partition coefficient (Wildman–Crippen LogP) is 0.399. The third-order valence-electron chi connectivity index (χ3n) is 3.28. The number of piperidine rings is 1. The number of likely N-dealkylation sites (N-methyl/N-ethyl adjacent to an activating group) is 1. The summed E-state index contributed by atoms with van der Waals surface area (Å²) in [4.78, 5) is 2.43. The molecule has 102 valence electrons. The van der Waals surface area contributed by atoms with Crippen LogP contribution in [0.5, 0.6) is 0 Å². The van der Waals surface area contributed by atoms with Gasteiger partial charge in [0, 0.05) is 12.6 Å². The number of nitrogens with zero attached hydrogens (tertiary/aromatic N) is 2. The van der Waals surface area contributed by atoms with Gasteiger partial charge in [0.2, 0.25) is 10.0 Å². The Kier molecular flexibility index (Phi) is 3.74. The van der Waals surface area contributed by atoms with E-state index < -0.39 is 10.0 Å². The summed E-state index contributed by atoms with van der Waals surface area (Å²) >= 11 is 0. The Morgan fingerprint density at radius 1 is 1.44 bits per heavy atom.